The molecule has 0 radical (unpaired) electrons. The average Bonchev–Trinajstić information content (AvgIpc) is 2.49. The molecule has 0 spiro atoms. The molecule has 0 amide bonds. The van der Waals surface area contributed by atoms with Crippen molar-refractivity contribution >= 4 is 23.0 Å². The Labute approximate surface area is 123 Å². The second-order valence-electron chi connectivity index (χ2n) is 4.64. The number of nitro groups is 1. The summed E-state index contributed by atoms with van der Waals surface area (Å²) in [5.41, 5.74) is 1.97. The van der Waals surface area contributed by atoms with Crippen molar-refractivity contribution in [3.63, 3.8) is 0 Å². The summed E-state index contributed by atoms with van der Waals surface area (Å²) >= 11 is 0. The third-order valence-corrected chi connectivity index (χ3v) is 3.08. The maximum absolute atomic E-state index is 11.1. The van der Waals surface area contributed by atoms with E-state index in [4.69, 9.17) is 0 Å². The van der Waals surface area contributed by atoms with E-state index in [2.05, 4.69) is 22.5 Å². The first-order chi connectivity index (χ1) is 10.1. The molecule has 0 aliphatic heterocycles. The molecule has 0 saturated heterocycles. The van der Waals surface area contributed by atoms with Crippen molar-refractivity contribution in [3.05, 3.63) is 52.1 Å². The van der Waals surface area contributed by atoms with Crippen LogP contribution in [0.4, 0.5) is 23.0 Å². The second kappa shape index (κ2) is 6.69. The van der Waals surface area contributed by atoms with E-state index in [9.17, 15) is 10.1 Å². The van der Waals surface area contributed by atoms with Crippen molar-refractivity contribution in [1.82, 2.24) is 4.98 Å². The minimum Gasteiger partial charge on any atom is -0.373 e. The van der Waals surface area contributed by atoms with Gasteiger partial charge in [0.05, 0.1) is 4.92 Å². The van der Waals surface area contributed by atoms with Gasteiger partial charge in [-0.2, -0.15) is 0 Å². The van der Waals surface area contributed by atoms with Gasteiger partial charge in [0.15, 0.2) is 0 Å². The Bertz CT molecular complexity index is 626. The molecular weight excluding hydrogens is 268 g/mol. The lowest BCUT2D eigenvalue weighted by atomic mass is 10.1. The number of hydrogen-bond donors (Lipinski definition) is 2. The highest BCUT2D eigenvalue weighted by Gasteiger charge is 2.16. The van der Waals surface area contributed by atoms with Crippen LogP contribution in [0.3, 0.4) is 0 Å². The van der Waals surface area contributed by atoms with Crippen LogP contribution < -0.4 is 10.6 Å². The summed E-state index contributed by atoms with van der Waals surface area (Å²) in [6, 6.07) is 10.9. The van der Waals surface area contributed by atoms with Gasteiger partial charge in [0, 0.05) is 18.8 Å². The first-order valence-electron chi connectivity index (χ1n) is 6.83. The fourth-order valence-electron chi connectivity index (χ4n) is 2.01. The summed E-state index contributed by atoms with van der Waals surface area (Å²) in [6.07, 6.45) is 2.11. The van der Waals surface area contributed by atoms with E-state index in [0.29, 0.717) is 5.82 Å². The molecule has 6 nitrogen and oxygen atoms in total. The van der Waals surface area contributed by atoms with Crippen molar-refractivity contribution in [2.75, 3.05) is 17.7 Å². The fourth-order valence-corrected chi connectivity index (χ4v) is 2.01. The molecule has 0 unspecified atom stereocenters. The van der Waals surface area contributed by atoms with Gasteiger partial charge >= 0.3 is 5.69 Å². The van der Waals surface area contributed by atoms with Gasteiger partial charge in [0.1, 0.15) is 5.82 Å². The molecule has 1 aromatic heterocycles. The molecule has 21 heavy (non-hydrogen) atoms. The number of pyridine rings is 1. The maximum atomic E-state index is 11.1. The number of anilines is 3. The zero-order chi connectivity index (χ0) is 15.2. The third kappa shape index (κ3) is 3.68. The SMILES string of the molecule is CCCc1ccc(Nc2nc(NC)ccc2[N+](=O)[O-])cc1. The summed E-state index contributed by atoms with van der Waals surface area (Å²) < 4.78 is 0. The predicted octanol–water partition coefficient (Wildman–Crippen LogP) is 3.73. The zero-order valence-electron chi connectivity index (χ0n) is 12.1. The normalized spacial score (nSPS) is 10.2. The lowest BCUT2D eigenvalue weighted by molar-refractivity contribution is -0.384. The summed E-state index contributed by atoms with van der Waals surface area (Å²) in [5, 5.41) is 16.9. The smallest absolute Gasteiger partial charge is 0.311 e. The van der Waals surface area contributed by atoms with E-state index in [1.165, 1.54) is 11.6 Å². The van der Waals surface area contributed by atoms with E-state index in [-0.39, 0.29) is 11.5 Å². The number of nitrogens with one attached hydrogen (secondary N) is 2. The molecule has 0 aliphatic carbocycles. The molecule has 6 heteroatoms. The number of aromatic nitrogens is 1. The first-order valence-corrected chi connectivity index (χ1v) is 6.83. The molecule has 0 fully saturated rings. The Balaban J connectivity index is 2.26. The molecule has 0 atom stereocenters. The lowest BCUT2D eigenvalue weighted by Gasteiger charge is -2.09. The van der Waals surface area contributed by atoms with Gasteiger partial charge in [-0.25, -0.2) is 4.98 Å². The zero-order valence-corrected chi connectivity index (χ0v) is 12.1. The van der Waals surface area contributed by atoms with Crippen LogP contribution in [0.1, 0.15) is 18.9 Å². The van der Waals surface area contributed by atoms with Crippen molar-refractivity contribution in [2.45, 2.75) is 19.8 Å². The van der Waals surface area contributed by atoms with Gasteiger partial charge < -0.3 is 10.6 Å². The van der Waals surface area contributed by atoms with Gasteiger partial charge in [0.2, 0.25) is 5.82 Å². The van der Waals surface area contributed by atoms with Crippen molar-refractivity contribution < 1.29 is 4.92 Å². The Kier molecular flexibility index (Phi) is 4.71. The quantitative estimate of drug-likeness (QED) is 0.624. The highest BCUT2D eigenvalue weighted by molar-refractivity contribution is 5.67. The molecule has 2 N–H and O–H groups in total. The van der Waals surface area contributed by atoms with Crippen molar-refractivity contribution in [2.24, 2.45) is 0 Å². The third-order valence-electron chi connectivity index (χ3n) is 3.08. The van der Waals surface area contributed by atoms with Crippen LogP contribution >= 0.6 is 0 Å². The lowest BCUT2D eigenvalue weighted by Crippen LogP contribution is -2.02. The first kappa shape index (κ1) is 14.8. The molecular formula is C15H18N4O2. The summed E-state index contributed by atoms with van der Waals surface area (Å²) in [4.78, 5) is 14.8. The minimum atomic E-state index is -0.444. The van der Waals surface area contributed by atoms with E-state index in [1.54, 1.807) is 13.1 Å². The van der Waals surface area contributed by atoms with E-state index in [0.717, 1.165) is 18.5 Å². The van der Waals surface area contributed by atoms with Crippen LogP contribution in [-0.4, -0.2) is 17.0 Å². The maximum Gasteiger partial charge on any atom is 0.311 e. The van der Waals surface area contributed by atoms with E-state index >= 15 is 0 Å². The van der Waals surface area contributed by atoms with E-state index < -0.39 is 4.92 Å². The van der Waals surface area contributed by atoms with Crippen LogP contribution in [0.5, 0.6) is 0 Å². The van der Waals surface area contributed by atoms with E-state index in [1.807, 2.05) is 24.3 Å². The summed E-state index contributed by atoms with van der Waals surface area (Å²) in [7, 11) is 1.72. The highest BCUT2D eigenvalue weighted by Crippen LogP contribution is 2.27. The standard InChI is InChI=1S/C15H18N4O2/c1-3-4-11-5-7-12(8-6-11)17-15-13(19(20)21)9-10-14(16-2)18-15/h5-10H,3-4H2,1-2H3,(H2,16,17,18). The Morgan fingerprint density at radius 3 is 2.48 bits per heavy atom. The topological polar surface area (TPSA) is 80.1 Å². The Morgan fingerprint density at radius 2 is 1.90 bits per heavy atom. The number of aryl methyl sites for hydroxylation is 1. The van der Waals surface area contributed by atoms with Crippen LogP contribution in [0.25, 0.3) is 0 Å². The van der Waals surface area contributed by atoms with Gasteiger partial charge in [-0.1, -0.05) is 25.5 Å². The number of benzene rings is 1. The molecule has 1 aromatic carbocycles. The van der Waals surface area contributed by atoms with Gasteiger partial charge in [-0.3, -0.25) is 10.1 Å². The largest absolute Gasteiger partial charge is 0.373 e. The molecule has 0 bridgehead atoms. The van der Waals surface area contributed by atoms with Crippen LogP contribution in [-0.2, 0) is 6.42 Å². The molecule has 1 heterocycles. The number of nitrogens with zero attached hydrogens (tertiary/aromatic N) is 2. The predicted molar refractivity (Wildman–Crippen MR) is 84.2 cm³/mol. The van der Waals surface area contributed by atoms with Crippen LogP contribution in [0.15, 0.2) is 36.4 Å². The molecule has 2 aromatic rings. The second-order valence-corrected chi connectivity index (χ2v) is 4.64. The van der Waals surface area contributed by atoms with Gasteiger partial charge in [-0.15, -0.1) is 0 Å². The van der Waals surface area contributed by atoms with Crippen molar-refractivity contribution in [3.8, 4) is 0 Å². The van der Waals surface area contributed by atoms with Crippen LogP contribution in [0, 0.1) is 10.1 Å². The van der Waals surface area contributed by atoms with Crippen LogP contribution in [0.2, 0.25) is 0 Å². The highest BCUT2D eigenvalue weighted by atomic mass is 16.6. The Morgan fingerprint density at radius 1 is 1.19 bits per heavy atom. The summed E-state index contributed by atoms with van der Waals surface area (Å²) in [6.45, 7) is 2.13. The monoisotopic (exact) mass is 286 g/mol. The fraction of sp³-hybridized carbons (Fsp3) is 0.267. The number of hydrogen-bond acceptors (Lipinski definition) is 5. The average molecular weight is 286 g/mol. The summed E-state index contributed by atoms with van der Waals surface area (Å²) in [5.74, 6) is 0.806. The molecule has 0 saturated carbocycles. The minimum absolute atomic E-state index is 0.0494. The Hall–Kier alpha value is -2.63. The molecule has 0 aliphatic rings. The molecule has 2 rings (SSSR count). The van der Waals surface area contributed by atoms with Gasteiger partial charge in [0.25, 0.3) is 0 Å². The van der Waals surface area contributed by atoms with Gasteiger partial charge in [-0.05, 0) is 30.2 Å². The number of rotatable bonds is 6. The van der Waals surface area contributed by atoms with Crippen molar-refractivity contribution in [1.29, 1.82) is 0 Å². The molecule has 110 valence electrons.